The molecule has 4 aromatic rings. The number of halogens is 4. The number of carboxylic acid groups (broad SMARTS) is 1. The normalized spacial score (nSPS) is 13.8. The minimum Gasteiger partial charge on any atom is -0.475 e. The number of aromatic nitrogens is 2. The van der Waals surface area contributed by atoms with Gasteiger partial charge in [0.1, 0.15) is 5.82 Å². The number of piperidine rings is 1. The van der Waals surface area contributed by atoms with E-state index in [9.17, 15) is 22.4 Å². The predicted molar refractivity (Wildman–Crippen MR) is 143 cm³/mol. The van der Waals surface area contributed by atoms with Crippen LogP contribution in [0, 0.1) is 5.82 Å². The third-order valence-corrected chi connectivity index (χ3v) is 6.29. The number of alkyl halides is 3. The van der Waals surface area contributed by atoms with Gasteiger partial charge in [0, 0.05) is 24.8 Å². The number of rotatable bonds is 5. The molecule has 0 unspecified atom stereocenters. The summed E-state index contributed by atoms with van der Waals surface area (Å²) in [6.07, 6.45) is -3.41. The molecule has 12 heteroatoms. The van der Waals surface area contributed by atoms with Crippen molar-refractivity contribution in [3.05, 3.63) is 90.2 Å². The van der Waals surface area contributed by atoms with E-state index >= 15 is 0 Å². The lowest BCUT2D eigenvalue weighted by Gasteiger charge is -2.32. The van der Waals surface area contributed by atoms with Crippen LogP contribution in [0.25, 0.3) is 11.0 Å². The summed E-state index contributed by atoms with van der Waals surface area (Å²) in [4.78, 5) is 28.1. The molecule has 2 amide bonds. The minimum absolute atomic E-state index is 0.0665. The van der Waals surface area contributed by atoms with E-state index in [1.54, 1.807) is 12.1 Å². The lowest BCUT2D eigenvalue weighted by molar-refractivity contribution is -0.192. The molecule has 0 radical (unpaired) electrons. The van der Waals surface area contributed by atoms with Gasteiger partial charge < -0.3 is 25.2 Å². The number of benzene rings is 3. The van der Waals surface area contributed by atoms with Gasteiger partial charge in [0.25, 0.3) is 0 Å². The summed E-state index contributed by atoms with van der Waals surface area (Å²) in [6, 6.07) is 24.3. The van der Waals surface area contributed by atoms with Crippen molar-refractivity contribution in [3.63, 3.8) is 0 Å². The smallest absolute Gasteiger partial charge is 0.475 e. The Morgan fingerprint density at radius 3 is 2.15 bits per heavy atom. The molecule has 0 spiro atoms. The number of para-hydroxylation sites is 3. The van der Waals surface area contributed by atoms with Crippen LogP contribution >= 0.6 is 0 Å². The van der Waals surface area contributed by atoms with Crippen LogP contribution in [-0.2, 0) is 11.3 Å². The molecule has 0 aliphatic carbocycles. The SMILES string of the molecule is O=C(Nc1ccccc1)N1CCC(Nc2nc3ccccc3n2Cc2ccc(F)cc2)CC1.O=C(O)C(F)(F)F. The van der Waals surface area contributed by atoms with Gasteiger partial charge in [-0.05, 0) is 54.8 Å². The van der Waals surface area contributed by atoms with Gasteiger partial charge in [-0.25, -0.2) is 19.0 Å². The fraction of sp³-hybridized carbons (Fsp3) is 0.250. The van der Waals surface area contributed by atoms with E-state index in [4.69, 9.17) is 14.9 Å². The highest BCUT2D eigenvalue weighted by atomic mass is 19.4. The average Bonchev–Trinajstić information content (AvgIpc) is 3.27. The number of hydrogen-bond donors (Lipinski definition) is 3. The lowest BCUT2D eigenvalue weighted by Crippen LogP contribution is -2.44. The van der Waals surface area contributed by atoms with Gasteiger partial charge in [-0.15, -0.1) is 0 Å². The number of likely N-dealkylation sites (tertiary alicyclic amines) is 1. The number of anilines is 2. The second-order valence-electron chi connectivity index (χ2n) is 9.14. The van der Waals surface area contributed by atoms with Crippen molar-refractivity contribution in [2.24, 2.45) is 0 Å². The van der Waals surface area contributed by atoms with Crippen LogP contribution in [0.15, 0.2) is 78.9 Å². The maximum atomic E-state index is 13.4. The summed E-state index contributed by atoms with van der Waals surface area (Å²) < 4.78 is 47.2. The maximum absolute atomic E-state index is 13.4. The Morgan fingerprint density at radius 2 is 1.52 bits per heavy atom. The number of nitrogens with zero attached hydrogens (tertiary/aromatic N) is 3. The molecule has 1 aliphatic rings. The first kappa shape index (κ1) is 28.4. The number of hydrogen-bond acceptors (Lipinski definition) is 4. The number of carboxylic acids is 1. The zero-order valence-electron chi connectivity index (χ0n) is 21.2. The van der Waals surface area contributed by atoms with Crippen molar-refractivity contribution in [2.75, 3.05) is 23.7 Å². The number of fused-ring (bicyclic) bond motifs is 1. The molecule has 1 aliphatic heterocycles. The van der Waals surface area contributed by atoms with Crippen LogP contribution in [0.1, 0.15) is 18.4 Å². The molecule has 8 nitrogen and oxygen atoms in total. The standard InChI is InChI=1S/C26H26FN5O.C2HF3O2/c27-20-12-10-19(11-13-20)18-32-24-9-5-4-8-23(24)30-25(32)28-22-14-16-31(17-15-22)26(33)29-21-6-2-1-3-7-21;3-2(4,5)1(6)7/h1-13,22H,14-18H2,(H,28,30)(H,29,33);(H,6,7). The minimum atomic E-state index is -5.08. The third-order valence-electron chi connectivity index (χ3n) is 6.29. The largest absolute Gasteiger partial charge is 0.490 e. The number of carbonyl (C=O) groups excluding carboxylic acids is 1. The highest BCUT2D eigenvalue weighted by Gasteiger charge is 2.38. The maximum Gasteiger partial charge on any atom is 0.490 e. The quantitative estimate of drug-likeness (QED) is 0.263. The Morgan fingerprint density at radius 1 is 0.925 bits per heavy atom. The van der Waals surface area contributed by atoms with Crippen molar-refractivity contribution in [2.45, 2.75) is 31.6 Å². The molecule has 0 bridgehead atoms. The number of amides is 2. The molecule has 2 heterocycles. The van der Waals surface area contributed by atoms with Gasteiger partial charge in [-0.2, -0.15) is 13.2 Å². The van der Waals surface area contributed by atoms with Crippen molar-refractivity contribution in [1.82, 2.24) is 14.5 Å². The van der Waals surface area contributed by atoms with Gasteiger partial charge >= 0.3 is 18.2 Å². The summed E-state index contributed by atoms with van der Waals surface area (Å²) >= 11 is 0. The van der Waals surface area contributed by atoms with Gasteiger partial charge in [0.15, 0.2) is 0 Å². The third kappa shape index (κ3) is 7.49. The van der Waals surface area contributed by atoms with E-state index in [0.717, 1.165) is 41.1 Å². The van der Waals surface area contributed by atoms with Gasteiger partial charge in [0.2, 0.25) is 5.95 Å². The number of imidazole rings is 1. The molecule has 5 rings (SSSR count). The molecule has 3 aromatic carbocycles. The monoisotopic (exact) mass is 557 g/mol. The second kappa shape index (κ2) is 12.5. The fourth-order valence-corrected chi connectivity index (χ4v) is 4.25. The van der Waals surface area contributed by atoms with Crippen LogP contribution in [0.5, 0.6) is 0 Å². The number of aliphatic carboxylic acids is 1. The van der Waals surface area contributed by atoms with Crippen molar-refractivity contribution < 1.29 is 32.3 Å². The van der Waals surface area contributed by atoms with Crippen LogP contribution in [0.2, 0.25) is 0 Å². The summed E-state index contributed by atoms with van der Waals surface area (Å²) in [6.45, 7) is 1.95. The molecule has 1 aromatic heterocycles. The van der Waals surface area contributed by atoms with Crippen LogP contribution in [-0.4, -0.2) is 56.9 Å². The topological polar surface area (TPSA) is 99.5 Å². The zero-order valence-corrected chi connectivity index (χ0v) is 21.2. The van der Waals surface area contributed by atoms with E-state index in [0.29, 0.717) is 19.6 Å². The molecular formula is C28H27F4N5O3. The average molecular weight is 558 g/mol. The van der Waals surface area contributed by atoms with E-state index < -0.39 is 12.1 Å². The van der Waals surface area contributed by atoms with Crippen LogP contribution in [0.3, 0.4) is 0 Å². The molecule has 40 heavy (non-hydrogen) atoms. The summed E-state index contributed by atoms with van der Waals surface area (Å²) in [5, 5.41) is 13.7. The van der Waals surface area contributed by atoms with E-state index in [2.05, 4.69) is 15.2 Å². The first-order valence-electron chi connectivity index (χ1n) is 12.5. The summed E-state index contributed by atoms with van der Waals surface area (Å²) in [7, 11) is 0. The Hall–Kier alpha value is -4.61. The first-order chi connectivity index (χ1) is 19.1. The number of nitrogens with one attached hydrogen (secondary N) is 2. The first-order valence-corrected chi connectivity index (χ1v) is 12.5. The zero-order chi connectivity index (χ0) is 28.7. The van der Waals surface area contributed by atoms with Gasteiger partial charge in [-0.3, -0.25) is 0 Å². The highest BCUT2D eigenvalue weighted by molar-refractivity contribution is 5.89. The molecule has 210 valence electrons. The van der Waals surface area contributed by atoms with Crippen molar-refractivity contribution in [3.8, 4) is 0 Å². The Labute approximate surface area is 227 Å². The molecular weight excluding hydrogens is 530 g/mol. The molecule has 0 saturated carbocycles. The van der Waals surface area contributed by atoms with E-state index in [1.807, 2.05) is 59.5 Å². The number of urea groups is 1. The second-order valence-corrected chi connectivity index (χ2v) is 9.14. The van der Waals surface area contributed by atoms with Crippen molar-refractivity contribution in [1.29, 1.82) is 0 Å². The van der Waals surface area contributed by atoms with E-state index in [1.165, 1.54) is 12.1 Å². The molecule has 1 saturated heterocycles. The Bertz CT molecular complexity index is 1430. The summed E-state index contributed by atoms with van der Waals surface area (Å²) in [5.41, 5.74) is 3.76. The lowest BCUT2D eigenvalue weighted by atomic mass is 10.1. The Balaban J connectivity index is 0.000000470. The molecule has 0 atom stereocenters. The Kier molecular flexibility index (Phi) is 8.87. The van der Waals surface area contributed by atoms with Gasteiger partial charge in [-0.1, -0.05) is 42.5 Å². The van der Waals surface area contributed by atoms with E-state index in [-0.39, 0.29) is 17.9 Å². The van der Waals surface area contributed by atoms with Crippen molar-refractivity contribution >= 4 is 34.7 Å². The highest BCUT2D eigenvalue weighted by Crippen LogP contribution is 2.24. The summed E-state index contributed by atoms with van der Waals surface area (Å²) in [5.74, 6) is -2.20. The fourth-order valence-electron chi connectivity index (χ4n) is 4.25. The van der Waals surface area contributed by atoms with Crippen LogP contribution < -0.4 is 10.6 Å². The molecule has 1 fully saturated rings. The van der Waals surface area contributed by atoms with Crippen LogP contribution in [0.4, 0.5) is 34.0 Å². The predicted octanol–water partition coefficient (Wildman–Crippen LogP) is 5.97. The number of carbonyl (C=O) groups is 2. The molecule has 3 N–H and O–H groups in total. The van der Waals surface area contributed by atoms with Gasteiger partial charge in [0.05, 0.1) is 17.6 Å².